The van der Waals surface area contributed by atoms with Gasteiger partial charge in [-0.3, -0.25) is 0 Å². The van der Waals surface area contributed by atoms with Gasteiger partial charge in [-0.05, 0) is 109 Å². The molecule has 10 aromatic carbocycles. The number of hydrogen-bond acceptors (Lipinski definition) is 2. The van der Waals surface area contributed by atoms with Crippen LogP contribution < -0.4 is 4.90 Å². The molecule has 0 aliphatic heterocycles. The summed E-state index contributed by atoms with van der Waals surface area (Å²) in [6, 6.07) is 81.7. The molecule has 1 aliphatic rings. The highest BCUT2D eigenvalue weighted by Gasteiger charge is 2.35. The van der Waals surface area contributed by atoms with E-state index in [2.05, 4.69) is 237 Å². The van der Waals surface area contributed by atoms with E-state index >= 15 is 0 Å². The zero-order valence-corrected chi connectivity index (χ0v) is 35.2. The second kappa shape index (κ2) is 14.6. The minimum atomic E-state index is -0.0722. The van der Waals surface area contributed by atoms with Crippen LogP contribution >= 0.6 is 0 Å². The summed E-state index contributed by atoms with van der Waals surface area (Å²) in [6.07, 6.45) is 0. The maximum atomic E-state index is 6.45. The van der Waals surface area contributed by atoms with E-state index in [1.54, 1.807) is 0 Å². The van der Waals surface area contributed by atoms with E-state index in [0.29, 0.717) is 0 Å². The molecule has 2 nitrogen and oxygen atoms in total. The fraction of sp³-hybridized carbons (Fsp3) is 0.0492. The molecule has 63 heavy (non-hydrogen) atoms. The van der Waals surface area contributed by atoms with Crippen LogP contribution in [0.4, 0.5) is 17.1 Å². The van der Waals surface area contributed by atoms with Crippen molar-refractivity contribution in [3.63, 3.8) is 0 Å². The van der Waals surface area contributed by atoms with Crippen molar-refractivity contribution in [1.29, 1.82) is 0 Å². The van der Waals surface area contributed by atoms with Crippen molar-refractivity contribution < 1.29 is 4.42 Å². The fourth-order valence-corrected chi connectivity index (χ4v) is 10.3. The molecule has 1 aliphatic carbocycles. The molecule has 0 saturated heterocycles. The van der Waals surface area contributed by atoms with Crippen LogP contribution in [-0.4, -0.2) is 0 Å². The summed E-state index contributed by atoms with van der Waals surface area (Å²) in [4.78, 5) is 2.46. The first kappa shape index (κ1) is 36.9. The SMILES string of the molecule is CC1(C)c2ccccc2-c2ccc(-c3ccc(N(c4ccccc4-c4cccc5cccc(-c6ccccc6)c45)c4ccccc4-c4cccc5oc6ccccc6c45)cc3)cc21. The molecule has 0 saturated carbocycles. The van der Waals surface area contributed by atoms with Crippen molar-refractivity contribution >= 4 is 49.8 Å². The molecule has 0 atom stereocenters. The van der Waals surface area contributed by atoms with E-state index < -0.39 is 0 Å². The molecular formula is C61H43NO. The summed E-state index contributed by atoms with van der Waals surface area (Å²) in [6.45, 7) is 4.70. The van der Waals surface area contributed by atoms with Crippen molar-refractivity contribution in [1.82, 2.24) is 0 Å². The lowest BCUT2D eigenvalue weighted by atomic mass is 9.81. The van der Waals surface area contributed by atoms with Crippen LogP contribution in [0.25, 0.3) is 88.3 Å². The van der Waals surface area contributed by atoms with Gasteiger partial charge in [0.15, 0.2) is 0 Å². The Labute approximate surface area is 368 Å². The Morgan fingerprint density at radius 3 is 1.63 bits per heavy atom. The minimum Gasteiger partial charge on any atom is -0.456 e. The van der Waals surface area contributed by atoms with Gasteiger partial charge >= 0.3 is 0 Å². The van der Waals surface area contributed by atoms with Crippen LogP contribution in [0.15, 0.2) is 229 Å². The summed E-state index contributed by atoms with van der Waals surface area (Å²) in [5.41, 5.74) is 19.8. The molecule has 1 aromatic heterocycles. The monoisotopic (exact) mass is 805 g/mol. The number of nitrogens with zero attached hydrogens (tertiary/aromatic N) is 1. The molecule has 0 amide bonds. The number of furan rings is 1. The largest absolute Gasteiger partial charge is 0.456 e. The van der Waals surface area contributed by atoms with E-state index in [1.807, 2.05) is 6.07 Å². The van der Waals surface area contributed by atoms with Gasteiger partial charge in [-0.2, -0.15) is 0 Å². The Balaban J connectivity index is 1.07. The van der Waals surface area contributed by atoms with Crippen LogP contribution in [0, 0.1) is 0 Å². The minimum absolute atomic E-state index is 0.0722. The molecule has 12 rings (SSSR count). The Morgan fingerprint density at radius 1 is 0.349 bits per heavy atom. The van der Waals surface area contributed by atoms with Crippen LogP contribution in [-0.2, 0) is 5.41 Å². The number of benzene rings is 10. The highest BCUT2D eigenvalue weighted by atomic mass is 16.3. The topological polar surface area (TPSA) is 16.4 Å². The third-order valence-corrected chi connectivity index (χ3v) is 13.3. The van der Waals surface area contributed by atoms with Gasteiger partial charge in [0.05, 0.1) is 11.4 Å². The lowest BCUT2D eigenvalue weighted by Gasteiger charge is -2.30. The summed E-state index contributed by atoms with van der Waals surface area (Å²) >= 11 is 0. The third kappa shape index (κ3) is 5.94. The number of anilines is 3. The van der Waals surface area contributed by atoms with Gasteiger partial charge in [0.2, 0.25) is 0 Å². The molecule has 11 aromatic rings. The van der Waals surface area contributed by atoms with Crippen molar-refractivity contribution in [3.05, 3.63) is 236 Å². The van der Waals surface area contributed by atoms with Crippen molar-refractivity contribution in [2.45, 2.75) is 19.3 Å². The van der Waals surface area contributed by atoms with Crippen molar-refractivity contribution in [2.24, 2.45) is 0 Å². The Morgan fingerprint density at radius 2 is 0.889 bits per heavy atom. The van der Waals surface area contributed by atoms with E-state index in [0.717, 1.165) is 55.7 Å². The zero-order valence-electron chi connectivity index (χ0n) is 35.2. The third-order valence-electron chi connectivity index (χ3n) is 13.3. The van der Waals surface area contributed by atoms with E-state index in [1.165, 1.54) is 60.8 Å². The summed E-state index contributed by atoms with van der Waals surface area (Å²) in [5, 5.41) is 4.67. The molecule has 0 fully saturated rings. The smallest absolute Gasteiger partial charge is 0.136 e. The lowest BCUT2D eigenvalue weighted by Crippen LogP contribution is -2.14. The van der Waals surface area contributed by atoms with Gasteiger partial charge in [0, 0.05) is 33.0 Å². The van der Waals surface area contributed by atoms with Gasteiger partial charge in [-0.1, -0.05) is 196 Å². The van der Waals surface area contributed by atoms with Crippen LogP contribution in [0.5, 0.6) is 0 Å². The molecule has 0 spiro atoms. The highest BCUT2D eigenvalue weighted by molar-refractivity contribution is 6.14. The molecule has 0 bridgehead atoms. The average Bonchev–Trinajstić information content (AvgIpc) is 3.84. The van der Waals surface area contributed by atoms with Crippen LogP contribution in [0.1, 0.15) is 25.0 Å². The Hall–Kier alpha value is -7.94. The standard InChI is InChI=1S/C61H43NO/c1-61(2)53-28-10-6-21-46(53)47-38-35-43(39-54(47)61)40-33-36-44(37-34-40)62(56-30-12-8-23-49(56)51-27-16-32-58-60(51)52-24-9-13-31-57(52)63-58)55-29-11-7-22-48(55)50-26-15-20-42-19-14-25-45(59(42)50)41-17-4-3-5-18-41/h3-39H,1-2H3. The first-order valence-corrected chi connectivity index (χ1v) is 21.8. The normalized spacial score (nSPS) is 12.7. The second-order valence-electron chi connectivity index (χ2n) is 17.2. The molecule has 0 unspecified atom stereocenters. The predicted octanol–water partition coefficient (Wildman–Crippen LogP) is 17.2. The first-order chi connectivity index (χ1) is 31.0. The maximum Gasteiger partial charge on any atom is 0.136 e. The molecule has 1 heterocycles. The molecule has 0 radical (unpaired) electrons. The number of rotatable bonds is 7. The van der Waals surface area contributed by atoms with Crippen molar-refractivity contribution in [3.8, 4) is 55.6 Å². The summed E-state index contributed by atoms with van der Waals surface area (Å²) in [7, 11) is 0. The van der Waals surface area contributed by atoms with E-state index in [4.69, 9.17) is 4.42 Å². The average molecular weight is 806 g/mol. The van der Waals surface area contributed by atoms with Crippen LogP contribution in [0.3, 0.4) is 0 Å². The summed E-state index contributed by atoms with van der Waals surface area (Å²) in [5.74, 6) is 0. The number of hydrogen-bond donors (Lipinski definition) is 0. The Kier molecular flexibility index (Phi) is 8.55. The highest BCUT2D eigenvalue weighted by Crippen LogP contribution is 2.51. The number of para-hydroxylation sites is 3. The van der Waals surface area contributed by atoms with Gasteiger partial charge in [-0.15, -0.1) is 0 Å². The second-order valence-corrected chi connectivity index (χ2v) is 17.2. The van der Waals surface area contributed by atoms with Gasteiger partial charge < -0.3 is 9.32 Å². The maximum absolute atomic E-state index is 6.45. The molecule has 0 N–H and O–H groups in total. The number of fused-ring (bicyclic) bond motifs is 7. The Bertz CT molecular complexity index is 3530. The molecular weight excluding hydrogens is 763 g/mol. The van der Waals surface area contributed by atoms with E-state index in [-0.39, 0.29) is 5.41 Å². The van der Waals surface area contributed by atoms with Gasteiger partial charge in [-0.25, -0.2) is 0 Å². The van der Waals surface area contributed by atoms with Crippen molar-refractivity contribution in [2.75, 3.05) is 4.90 Å². The molecule has 2 heteroatoms. The fourth-order valence-electron chi connectivity index (χ4n) is 10.3. The van der Waals surface area contributed by atoms with Gasteiger partial charge in [0.25, 0.3) is 0 Å². The first-order valence-electron chi connectivity index (χ1n) is 21.8. The van der Waals surface area contributed by atoms with Gasteiger partial charge in [0.1, 0.15) is 11.2 Å². The lowest BCUT2D eigenvalue weighted by molar-refractivity contribution is 0.660. The molecule has 298 valence electrons. The summed E-state index contributed by atoms with van der Waals surface area (Å²) < 4.78 is 6.45. The zero-order chi connectivity index (χ0) is 42.1. The van der Waals surface area contributed by atoms with E-state index in [9.17, 15) is 0 Å². The van der Waals surface area contributed by atoms with Crippen LogP contribution in [0.2, 0.25) is 0 Å². The predicted molar refractivity (Wildman–Crippen MR) is 265 cm³/mol. The quantitative estimate of drug-likeness (QED) is 0.160.